The van der Waals surface area contributed by atoms with E-state index >= 15 is 0 Å². The van der Waals surface area contributed by atoms with Crippen LogP contribution in [0.3, 0.4) is 0 Å². The van der Waals surface area contributed by atoms with Gasteiger partial charge in [-0.25, -0.2) is 0 Å². The molecule has 0 radical (unpaired) electrons. The molecule has 2 rings (SSSR count). The first-order valence-electron chi connectivity index (χ1n) is 9.00. The lowest BCUT2D eigenvalue weighted by molar-refractivity contribution is 0.279. The van der Waals surface area contributed by atoms with Gasteiger partial charge in [0.25, 0.3) is 0 Å². The molecule has 0 aromatic carbocycles. The molecule has 2 aliphatic carbocycles. The van der Waals surface area contributed by atoms with Crippen molar-refractivity contribution in [2.75, 3.05) is 0 Å². The minimum atomic E-state index is 0.824. The zero-order valence-electron chi connectivity index (χ0n) is 13.3. The molecular formula is C18H35N. The molecule has 1 heteroatoms. The minimum Gasteiger partial charge on any atom is -0.311 e. The maximum Gasteiger partial charge on any atom is 0.00697 e. The Bertz CT molecular complexity index is 228. The maximum absolute atomic E-state index is 4.03. The lowest BCUT2D eigenvalue weighted by Crippen LogP contribution is -2.39. The summed E-state index contributed by atoms with van der Waals surface area (Å²) in [6.07, 6.45) is 17.3. The third kappa shape index (κ3) is 5.85. The molecule has 2 saturated carbocycles. The third-order valence-corrected chi connectivity index (χ3v) is 5.48. The van der Waals surface area contributed by atoms with Crippen molar-refractivity contribution in [1.82, 2.24) is 5.32 Å². The zero-order chi connectivity index (χ0) is 13.5. The van der Waals surface area contributed by atoms with E-state index in [9.17, 15) is 0 Å². The van der Waals surface area contributed by atoms with Crippen molar-refractivity contribution in [3.63, 3.8) is 0 Å². The summed E-state index contributed by atoms with van der Waals surface area (Å²) in [5.41, 5.74) is 0. The molecule has 0 heterocycles. The van der Waals surface area contributed by atoms with E-state index in [0.29, 0.717) is 0 Å². The fourth-order valence-corrected chi connectivity index (χ4v) is 4.04. The molecule has 1 N–H and O–H groups in total. The van der Waals surface area contributed by atoms with Crippen LogP contribution in [0.2, 0.25) is 0 Å². The molecule has 19 heavy (non-hydrogen) atoms. The van der Waals surface area contributed by atoms with E-state index in [0.717, 1.165) is 23.9 Å². The summed E-state index contributed by atoms with van der Waals surface area (Å²) in [5.74, 6) is 1.94. The lowest BCUT2D eigenvalue weighted by Gasteiger charge is -2.30. The molecule has 0 aliphatic heterocycles. The molecular weight excluding hydrogens is 230 g/mol. The smallest absolute Gasteiger partial charge is 0.00697 e. The Hall–Kier alpha value is -0.0400. The van der Waals surface area contributed by atoms with Gasteiger partial charge in [0.05, 0.1) is 0 Å². The van der Waals surface area contributed by atoms with Crippen LogP contribution < -0.4 is 5.32 Å². The van der Waals surface area contributed by atoms with Crippen LogP contribution in [0.15, 0.2) is 0 Å². The number of rotatable bonds is 2. The zero-order valence-corrected chi connectivity index (χ0v) is 13.3. The van der Waals surface area contributed by atoms with Crippen molar-refractivity contribution in [3.8, 4) is 0 Å². The van der Waals surface area contributed by atoms with Crippen LogP contribution in [0, 0.1) is 11.8 Å². The van der Waals surface area contributed by atoms with Crippen LogP contribution in [0.25, 0.3) is 0 Å². The maximum atomic E-state index is 4.03. The van der Waals surface area contributed by atoms with E-state index in [1.54, 1.807) is 0 Å². The highest BCUT2D eigenvalue weighted by atomic mass is 14.9. The molecule has 0 bridgehead atoms. The monoisotopic (exact) mass is 265 g/mol. The summed E-state index contributed by atoms with van der Waals surface area (Å²) >= 11 is 0. The van der Waals surface area contributed by atoms with Gasteiger partial charge in [0.2, 0.25) is 0 Å². The Morgan fingerprint density at radius 1 is 0.526 bits per heavy atom. The Labute approximate surface area is 120 Å². The quantitative estimate of drug-likeness (QED) is 0.715. The largest absolute Gasteiger partial charge is 0.311 e. The molecule has 0 spiro atoms. The van der Waals surface area contributed by atoms with E-state index in [-0.39, 0.29) is 0 Å². The third-order valence-electron chi connectivity index (χ3n) is 5.48. The molecule has 2 aliphatic rings. The van der Waals surface area contributed by atoms with E-state index in [1.807, 2.05) is 0 Å². The van der Waals surface area contributed by atoms with Gasteiger partial charge in [-0.2, -0.15) is 0 Å². The summed E-state index contributed by atoms with van der Waals surface area (Å²) in [6, 6.07) is 1.65. The van der Waals surface area contributed by atoms with Crippen LogP contribution in [0.4, 0.5) is 0 Å². The highest BCUT2D eigenvalue weighted by Gasteiger charge is 2.19. The molecule has 2 fully saturated rings. The van der Waals surface area contributed by atoms with Crippen molar-refractivity contribution in [1.29, 1.82) is 0 Å². The van der Waals surface area contributed by atoms with Crippen LogP contribution in [0.5, 0.6) is 0 Å². The average Bonchev–Trinajstić information content (AvgIpc) is 2.34. The van der Waals surface area contributed by atoms with Crippen LogP contribution >= 0.6 is 0 Å². The van der Waals surface area contributed by atoms with Crippen molar-refractivity contribution in [2.24, 2.45) is 11.8 Å². The Morgan fingerprint density at radius 3 is 1.74 bits per heavy atom. The molecule has 0 saturated heterocycles. The minimum absolute atomic E-state index is 0.824. The second kappa shape index (κ2) is 8.29. The van der Waals surface area contributed by atoms with Crippen molar-refractivity contribution < 1.29 is 0 Å². The second-order valence-electron chi connectivity index (χ2n) is 7.49. The fraction of sp³-hybridized carbons (Fsp3) is 1.00. The summed E-state index contributed by atoms with van der Waals surface area (Å²) < 4.78 is 0. The average molecular weight is 265 g/mol. The van der Waals surface area contributed by atoms with E-state index in [1.165, 1.54) is 77.0 Å². The Morgan fingerprint density at radius 2 is 1.00 bits per heavy atom. The topological polar surface area (TPSA) is 12.0 Å². The summed E-state index contributed by atoms with van der Waals surface area (Å²) in [4.78, 5) is 0. The molecule has 0 aromatic heterocycles. The first-order valence-corrected chi connectivity index (χ1v) is 9.00. The van der Waals surface area contributed by atoms with Crippen molar-refractivity contribution in [2.45, 2.75) is 103 Å². The predicted octanol–water partition coefficient (Wildman–Crippen LogP) is 5.29. The standard InChI is InChI=1S/C18H35N/c1-15-8-5-11-17(12-6-9-15)19-18-10-4-3-7-16(2)13-14-18/h15-19H,3-14H2,1-2H3. The SMILES string of the molecule is CC1CCCC(NC2CCCCC(C)CC2)CCC1. The summed E-state index contributed by atoms with van der Waals surface area (Å²) in [6.45, 7) is 4.88. The first-order chi connectivity index (χ1) is 9.24. The normalized spacial score (nSPS) is 38.8. The number of nitrogens with one attached hydrogen (secondary N) is 1. The molecule has 112 valence electrons. The molecule has 1 nitrogen and oxygen atoms in total. The van der Waals surface area contributed by atoms with Crippen LogP contribution in [-0.4, -0.2) is 12.1 Å². The Balaban J connectivity index is 1.74. The molecule has 2 atom stereocenters. The summed E-state index contributed by atoms with van der Waals surface area (Å²) in [7, 11) is 0. The fourth-order valence-electron chi connectivity index (χ4n) is 4.04. The highest BCUT2D eigenvalue weighted by Crippen LogP contribution is 2.25. The van der Waals surface area contributed by atoms with Gasteiger partial charge in [0.1, 0.15) is 0 Å². The van der Waals surface area contributed by atoms with Gasteiger partial charge >= 0.3 is 0 Å². The van der Waals surface area contributed by atoms with Gasteiger partial charge in [-0.3, -0.25) is 0 Å². The van der Waals surface area contributed by atoms with Gasteiger partial charge in [0, 0.05) is 12.1 Å². The van der Waals surface area contributed by atoms with E-state index < -0.39 is 0 Å². The van der Waals surface area contributed by atoms with Gasteiger partial charge in [0.15, 0.2) is 0 Å². The number of hydrogen-bond donors (Lipinski definition) is 1. The van der Waals surface area contributed by atoms with E-state index in [2.05, 4.69) is 19.2 Å². The van der Waals surface area contributed by atoms with E-state index in [4.69, 9.17) is 0 Å². The molecule has 0 amide bonds. The van der Waals surface area contributed by atoms with Crippen LogP contribution in [0.1, 0.15) is 90.9 Å². The Kier molecular flexibility index (Phi) is 6.70. The van der Waals surface area contributed by atoms with Gasteiger partial charge in [-0.05, 0) is 43.9 Å². The predicted molar refractivity (Wildman–Crippen MR) is 84.4 cm³/mol. The van der Waals surface area contributed by atoms with Gasteiger partial charge in [-0.15, -0.1) is 0 Å². The van der Waals surface area contributed by atoms with Gasteiger partial charge in [-0.1, -0.05) is 58.8 Å². The molecule has 0 aromatic rings. The van der Waals surface area contributed by atoms with Crippen molar-refractivity contribution in [3.05, 3.63) is 0 Å². The van der Waals surface area contributed by atoms with Gasteiger partial charge < -0.3 is 5.32 Å². The first kappa shape index (κ1) is 15.4. The van der Waals surface area contributed by atoms with Crippen LogP contribution in [-0.2, 0) is 0 Å². The second-order valence-corrected chi connectivity index (χ2v) is 7.49. The highest BCUT2D eigenvalue weighted by molar-refractivity contribution is 4.79. The molecule has 2 unspecified atom stereocenters. The van der Waals surface area contributed by atoms with Crippen molar-refractivity contribution >= 4 is 0 Å². The summed E-state index contributed by atoms with van der Waals surface area (Å²) in [5, 5.41) is 4.03. The lowest BCUT2D eigenvalue weighted by atomic mass is 9.87. The number of hydrogen-bond acceptors (Lipinski definition) is 1.